The summed E-state index contributed by atoms with van der Waals surface area (Å²) in [4.78, 5) is 13.8. The van der Waals surface area contributed by atoms with Crippen molar-refractivity contribution in [3.05, 3.63) is 24.3 Å². The molecule has 2 rings (SSSR count). The molecule has 1 aromatic carbocycles. The summed E-state index contributed by atoms with van der Waals surface area (Å²) in [6.45, 7) is 1.61. The van der Waals surface area contributed by atoms with Crippen LogP contribution in [-0.2, 0) is 9.53 Å². The molecule has 1 aromatic rings. The van der Waals surface area contributed by atoms with Gasteiger partial charge in [-0.05, 0) is 50.6 Å². The predicted molar refractivity (Wildman–Crippen MR) is 82.8 cm³/mol. The first-order valence-corrected chi connectivity index (χ1v) is 7.77. The highest BCUT2D eigenvalue weighted by Gasteiger charge is 2.31. The number of hydrogen-bond donors (Lipinski definition) is 1. The monoisotopic (exact) mass is 346 g/mol. The van der Waals surface area contributed by atoms with Crippen LogP contribution < -0.4 is 10.1 Å². The van der Waals surface area contributed by atoms with Crippen LogP contribution in [0.4, 0.5) is 18.9 Å². The molecule has 0 saturated carbocycles. The molecule has 0 aliphatic carbocycles. The van der Waals surface area contributed by atoms with E-state index in [9.17, 15) is 18.0 Å². The van der Waals surface area contributed by atoms with Crippen molar-refractivity contribution in [3.63, 3.8) is 0 Å². The van der Waals surface area contributed by atoms with Gasteiger partial charge in [0.25, 0.3) is 0 Å². The van der Waals surface area contributed by atoms with E-state index in [1.54, 1.807) is 0 Å². The average Bonchev–Trinajstić information content (AvgIpc) is 2.48. The molecule has 0 aromatic heterocycles. The van der Waals surface area contributed by atoms with Crippen molar-refractivity contribution in [2.45, 2.75) is 31.7 Å². The van der Waals surface area contributed by atoms with Crippen molar-refractivity contribution >= 4 is 11.6 Å². The predicted octanol–water partition coefficient (Wildman–Crippen LogP) is 3.02. The van der Waals surface area contributed by atoms with E-state index in [0.29, 0.717) is 12.2 Å². The maximum absolute atomic E-state index is 12.1. The Hall–Kier alpha value is -1.80. The van der Waals surface area contributed by atoms with Crippen LogP contribution in [0.5, 0.6) is 5.75 Å². The van der Waals surface area contributed by atoms with Crippen LogP contribution in [0.3, 0.4) is 0 Å². The quantitative estimate of drug-likeness (QED) is 0.860. The van der Waals surface area contributed by atoms with Crippen molar-refractivity contribution in [1.29, 1.82) is 0 Å². The van der Waals surface area contributed by atoms with E-state index in [-0.39, 0.29) is 24.3 Å². The summed E-state index contributed by atoms with van der Waals surface area (Å²) in [7, 11) is 1.83. The Labute approximate surface area is 138 Å². The van der Waals surface area contributed by atoms with Crippen molar-refractivity contribution in [1.82, 2.24) is 4.90 Å². The highest BCUT2D eigenvalue weighted by molar-refractivity contribution is 5.92. The van der Waals surface area contributed by atoms with Crippen LogP contribution in [-0.4, -0.2) is 50.0 Å². The van der Waals surface area contributed by atoms with E-state index >= 15 is 0 Å². The fourth-order valence-corrected chi connectivity index (χ4v) is 2.55. The van der Waals surface area contributed by atoms with Crippen LogP contribution in [0.1, 0.15) is 19.3 Å². The zero-order valence-electron chi connectivity index (χ0n) is 13.4. The molecule has 1 saturated heterocycles. The summed E-state index contributed by atoms with van der Waals surface area (Å²) in [5.74, 6) is -0.565. The number of ether oxygens (including phenoxy) is 2. The Kier molecular flexibility index (Phi) is 6.44. The van der Waals surface area contributed by atoms with Crippen molar-refractivity contribution in [2.75, 3.05) is 32.1 Å². The van der Waals surface area contributed by atoms with Gasteiger partial charge in [0.15, 0.2) is 0 Å². The summed E-state index contributed by atoms with van der Waals surface area (Å²) in [5, 5.41) is 2.64. The molecule has 0 bridgehead atoms. The second-order valence-electron chi connectivity index (χ2n) is 5.81. The van der Waals surface area contributed by atoms with Crippen molar-refractivity contribution in [2.24, 2.45) is 0 Å². The summed E-state index contributed by atoms with van der Waals surface area (Å²) < 4.78 is 45.6. The fourth-order valence-electron chi connectivity index (χ4n) is 2.55. The molecule has 1 atom stereocenters. The smallest absolute Gasteiger partial charge is 0.406 e. The van der Waals surface area contributed by atoms with Gasteiger partial charge in [0.2, 0.25) is 5.91 Å². The minimum absolute atomic E-state index is 0.148. The first-order valence-electron chi connectivity index (χ1n) is 7.77. The van der Waals surface area contributed by atoms with Gasteiger partial charge in [-0.15, -0.1) is 13.2 Å². The van der Waals surface area contributed by atoms with Gasteiger partial charge >= 0.3 is 6.36 Å². The number of halogens is 3. The van der Waals surface area contributed by atoms with Crippen LogP contribution in [0, 0.1) is 0 Å². The van der Waals surface area contributed by atoms with Crippen LogP contribution in [0.25, 0.3) is 0 Å². The molecule has 0 unspecified atom stereocenters. The number of benzene rings is 1. The van der Waals surface area contributed by atoms with Gasteiger partial charge in [-0.3, -0.25) is 9.69 Å². The number of nitrogens with zero attached hydrogens (tertiary/aromatic N) is 1. The van der Waals surface area contributed by atoms with Gasteiger partial charge in [-0.1, -0.05) is 0 Å². The topological polar surface area (TPSA) is 50.8 Å². The third kappa shape index (κ3) is 6.76. The maximum atomic E-state index is 12.1. The lowest BCUT2D eigenvalue weighted by Gasteiger charge is -2.27. The number of nitrogens with one attached hydrogen (secondary N) is 1. The Morgan fingerprint density at radius 2 is 2.04 bits per heavy atom. The number of carbonyl (C=O) groups excluding carboxylic acids is 1. The highest BCUT2D eigenvalue weighted by Crippen LogP contribution is 2.23. The van der Waals surface area contributed by atoms with Gasteiger partial charge < -0.3 is 14.8 Å². The number of carbonyl (C=O) groups is 1. The number of likely N-dealkylation sites (N-methyl/N-ethyl adjacent to an activating group) is 1. The summed E-state index contributed by atoms with van der Waals surface area (Å²) in [6, 6.07) is 5.04. The Balaban J connectivity index is 1.76. The first-order chi connectivity index (χ1) is 11.3. The Morgan fingerprint density at radius 3 is 2.62 bits per heavy atom. The number of amides is 1. The lowest BCUT2D eigenvalue weighted by molar-refractivity contribution is -0.274. The van der Waals surface area contributed by atoms with Gasteiger partial charge in [0.05, 0.1) is 12.6 Å². The van der Waals surface area contributed by atoms with Crippen molar-refractivity contribution in [3.8, 4) is 5.75 Å². The summed E-state index contributed by atoms with van der Waals surface area (Å²) in [5.41, 5.74) is 0.414. The van der Waals surface area contributed by atoms with E-state index in [4.69, 9.17) is 4.74 Å². The normalized spacial score (nSPS) is 18.5. The summed E-state index contributed by atoms with van der Waals surface area (Å²) in [6.07, 6.45) is -1.37. The number of hydrogen-bond acceptors (Lipinski definition) is 4. The highest BCUT2D eigenvalue weighted by atomic mass is 19.4. The van der Waals surface area contributed by atoms with E-state index in [1.165, 1.54) is 12.1 Å². The van der Waals surface area contributed by atoms with Crippen LogP contribution in [0.15, 0.2) is 24.3 Å². The van der Waals surface area contributed by atoms with Gasteiger partial charge in [-0.25, -0.2) is 0 Å². The lowest BCUT2D eigenvalue weighted by Crippen LogP contribution is -2.37. The largest absolute Gasteiger partial charge is 0.573 e. The van der Waals surface area contributed by atoms with E-state index in [1.807, 2.05) is 11.9 Å². The van der Waals surface area contributed by atoms with Crippen LogP contribution >= 0.6 is 0 Å². The first kappa shape index (κ1) is 18.5. The maximum Gasteiger partial charge on any atom is 0.573 e. The standard InChI is InChI=1S/C16H21F3N2O3/c1-21(10-14-4-2-3-9-23-14)11-15(22)20-12-5-7-13(8-6-12)24-16(17,18)19/h5-8,14H,2-4,9-11H2,1H3,(H,20,22)/t14-/m0/s1. The molecule has 1 N–H and O–H groups in total. The average molecular weight is 346 g/mol. The second kappa shape index (κ2) is 8.34. The van der Waals surface area contributed by atoms with Crippen molar-refractivity contribution < 1.29 is 27.4 Å². The molecular formula is C16H21F3N2O3. The summed E-state index contributed by atoms with van der Waals surface area (Å²) >= 11 is 0. The lowest BCUT2D eigenvalue weighted by atomic mass is 10.1. The molecule has 1 aliphatic rings. The molecule has 5 nitrogen and oxygen atoms in total. The van der Waals surface area contributed by atoms with E-state index < -0.39 is 6.36 Å². The molecule has 1 fully saturated rings. The van der Waals surface area contributed by atoms with Gasteiger partial charge in [0.1, 0.15) is 5.75 Å². The van der Waals surface area contributed by atoms with E-state index in [0.717, 1.165) is 38.0 Å². The molecule has 0 spiro atoms. The molecular weight excluding hydrogens is 325 g/mol. The van der Waals surface area contributed by atoms with E-state index in [2.05, 4.69) is 10.1 Å². The Morgan fingerprint density at radius 1 is 1.33 bits per heavy atom. The zero-order chi connectivity index (χ0) is 17.6. The molecule has 0 radical (unpaired) electrons. The molecule has 24 heavy (non-hydrogen) atoms. The van der Waals surface area contributed by atoms with Gasteiger partial charge in [0, 0.05) is 18.8 Å². The number of rotatable bonds is 6. The third-order valence-corrected chi connectivity index (χ3v) is 3.57. The molecule has 1 aliphatic heterocycles. The molecule has 1 heterocycles. The van der Waals surface area contributed by atoms with Crippen LogP contribution in [0.2, 0.25) is 0 Å². The minimum atomic E-state index is -4.73. The molecule has 134 valence electrons. The molecule has 8 heteroatoms. The van der Waals surface area contributed by atoms with Gasteiger partial charge in [-0.2, -0.15) is 0 Å². The number of anilines is 1. The number of alkyl halides is 3. The third-order valence-electron chi connectivity index (χ3n) is 3.57. The Bertz CT molecular complexity index is 528. The fraction of sp³-hybridized carbons (Fsp3) is 0.562. The second-order valence-corrected chi connectivity index (χ2v) is 5.81. The SMILES string of the molecule is CN(CC(=O)Nc1ccc(OC(F)(F)F)cc1)C[C@@H]1CCCCO1. The zero-order valence-corrected chi connectivity index (χ0v) is 13.4. The minimum Gasteiger partial charge on any atom is -0.406 e. The molecule has 1 amide bonds.